The van der Waals surface area contributed by atoms with Crippen molar-refractivity contribution in [2.75, 3.05) is 6.54 Å². The summed E-state index contributed by atoms with van der Waals surface area (Å²) in [6, 6.07) is 0.480. The average molecular weight is 125 g/mol. The standard InChI is InChI=1S/C7H11NO/c1-3-4-7(9)8-5-6(8)2/h3-4,6H,5H2,1-2H3/b4-3+. The van der Waals surface area contributed by atoms with Gasteiger partial charge >= 0.3 is 0 Å². The minimum Gasteiger partial charge on any atom is -0.333 e. The average Bonchev–Trinajstić information content (AvgIpc) is 2.47. The molecular weight excluding hydrogens is 114 g/mol. The largest absolute Gasteiger partial charge is 0.333 e. The second-order valence-corrected chi connectivity index (χ2v) is 2.34. The maximum absolute atomic E-state index is 10.9. The summed E-state index contributed by atoms with van der Waals surface area (Å²) >= 11 is 0. The summed E-state index contributed by atoms with van der Waals surface area (Å²) in [6.07, 6.45) is 3.37. The van der Waals surface area contributed by atoms with Crippen LogP contribution in [0, 0.1) is 0 Å². The lowest BCUT2D eigenvalue weighted by molar-refractivity contribution is -0.121. The Balaban J connectivity index is 2.36. The lowest BCUT2D eigenvalue weighted by atomic mass is 10.5. The Labute approximate surface area is 55.2 Å². The van der Waals surface area contributed by atoms with Gasteiger partial charge in [-0.1, -0.05) is 6.08 Å². The van der Waals surface area contributed by atoms with Gasteiger partial charge in [0.2, 0.25) is 5.91 Å². The van der Waals surface area contributed by atoms with Gasteiger partial charge in [0, 0.05) is 12.6 Å². The van der Waals surface area contributed by atoms with Crippen molar-refractivity contribution in [1.82, 2.24) is 4.90 Å². The van der Waals surface area contributed by atoms with Crippen LogP contribution in [0.1, 0.15) is 13.8 Å². The molecule has 1 fully saturated rings. The van der Waals surface area contributed by atoms with Crippen LogP contribution in [-0.4, -0.2) is 23.4 Å². The van der Waals surface area contributed by atoms with E-state index in [1.165, 1.54) is 0 Å². The van der Waals surface area contributed by atoms with Crippen LogP contribution in [0.25, 0.3) is 0 Å². The fourth-order valence-electron chi connectivity index (χ4n) is 0.783. The van der Waals surface area contributed by atoms with Crippen molar-refractivity contribution in [2.45, 2.75) is 19.9 Å². The zero-order chi connectivity index (χ0) is 6.85. The number of carbonyl (C=O) groups excluding carboxylic acids is 1. The molecule has 9 heavy (non-hydrogen) atoms. The van der Waals surface area contributed by atoms with E-state index in [-0.39, 0.29) is 5.91 Å². The first-order valence-corrected chi connectivity index (χ1v) is 3.19. The molecule has 0 aliphatic carbocycles. The molecule has 1 aliphatic rings. The lowest BCUT2D eigenvalue weighted by Gasteiger charge is -1.92. The van der Waals surface area contributed by atoms with Gasteiger partial charge in [0.15, 0.2) is 0 Å². The molecule has 1 heterocycles. The highest BCUT2D eigenvalue weighted by Gasteiger charge is 2.31. The van der Waals surface area contributed by atoms with Gasteiger partial charge in [0.1, 0.15) is 0 Å². The van der Waals surface area contributed by atoms with E-state index in [1.807, 2.05) is 18.7 Å². The van der Waals surface area contributed by atoms with Crippen molar-refractivity contribution in [3.63, 3.8) is 0 Å². The Hall–Kier alpha value is -0.790. The highest BCUT2D eigenvalue weighted by molar-refractivity contribution is 5.89. The predicted octanol–water partition coefficient (Wildman–Crippen LogP) is 0.793. The van der Waals surface area contributed by atoms with Crippen LogP contribution < -0.4 is 0 Å². The number of allylic oxidation sites excluding steroid dienone is 1. The number of hydrogen-bond donors (Lipinski definition) is 0. The van der Waals surface area contributed by atoms with E-state index in [1.54, 1.807) is 12.2 Å². The second kappa shape index (κ2) is 2.21. The van der Waals surface area contributed by atoms with Crippen LogP contribution in [0.5, 0.6) is 0 Å². The van der Waals surface area contributed by atoms with Crippen molar-refractivity contribution < 1.29 is 4.79 Å². The Morgan fingerprint density at radius 3 is 2.67 bits per heavy atom. The van der Waals surface area contributed by atoms with Crippen LogP contribution >= 0.6 is 0 Å². The maximum Gasteiger partial charge on any atom is 0.246 e. The Kier molecular flexibility index (Phi) is 1.56. The number of amides is 1. The quantitative estimate of drug-likeness (QED) is 0.375. The normalized spacial score (nSPS) is 25.1. The molecule has 2 nitrogen and oxygen atoms in total. The topological polar surface area (TPSA) is 20.1 Å². The molecule has 50 valence electrons. The summed E-state index contributed by atoms with van der Waals surface area (Å²) < 4.78 is 0. The molecule has 0 bridgehead atoms. The molecule has 1 amide bonds. The predicted molar refractivity (Wildman–Crippen MR) is 36.0 cm³/mol. The number of rotatable bonds is 1. The summed E-state index contributed by atoms with van der Waals surface area (Å²) in [4.78, 5) is 12.7. The zero-order valence-corrected chi connectivity index (χ0v) is 5.79. The van der Waals surface area contributed by atoms with Gasteiger partial charge in [-0.25, -0.2) is 0 Å². The first-order valence-electron chi connectivity index (χ1n) is 3.19. The second-order valence-electron chi connectivity index (χ2n) is 2.34. The molecule has 0 radical (unpaired) electrons. The molecule has 1 aliphatic heterocycles. The van der Waals surface area contributed by atoms with Gasteiger partial charge in [0.25, 0.3) is 0 Å². The fourth-order valence-corrected chi connectivity index (χ4v) is 0.783. The monoisotopic (exact) mass is 125 g/mol. The molecule has 0 N–H and O–H groups in total. The van der Waals surface area contributed by atoms with Crippen LogP contribution in [0.15, 0.2) is 12.2 Å². The van der Waals surface area contributed by atoms with E-state index in [0.717, 1.165) is 6.54 Å². The summed E-state index contributed by atoms with van der Waals surface area (Å²) in [5.41, 5.74) is 0. The first kappa shape index (κ1) is 6.33. The molecule has 0 aromatic carbocycles. The molecule has 0 saturated carbocycles. The molecule has 0 spiro atoms. The SMILES string of the molecule is C/C=C/C(=O)N1CC1C. The van der Waals surface area contributed by atoms with Crippen molar-refractivity contribution in [3.05, 3.63) is 12.2 Å². The highest BCUT2D eigenvalue weighted by atomic mass is 16.2. The van der Waals surface area contributed by atoms with Crippen molar-refractivity contribution >= 4 is 5.91 Å². The third-order valence-electron chi connectivity index (χ3n) is 1.45. The maximum atomic E-state index is 10.9. The third-order valence-corrected chi connectivity index (χ3v) is 1.45. The number of carbonyl (C=O) groups is 1. The van der Waals surface area contributed by atoms with Crippen LogP contribution in [0.3, 0.4) is 0 Å². The van der Waals surface area contributed by atoms with Gasteiger partial charge < -0.3 is 4.90 Å². The smallest absolute Gasteiger partial charge is 0.246 e. The first-order chi connectivity index (χ1) is 4.25. The number of nitrogens with zero attached hydrogens (tertiary/aromatic N) is 1. The van der Waals surface area contributed by atoms with Crippen LogP contribution in [0.2, 0.25) is 0 Å². The van der Waals surface area contributed by atoms with Crippen molar-refractivity contribution in [3.8, 4) is 0 Å². The molecule has 1 unspecified atom stereocenters. The molecule has 0 aromatic heterocycles. The summed E-state index contributed by atoms with van der Waals surface area (Å²) in [6.45, 7) is 4.83. The summed E-state index contributed by atoms with van der Waals surface area (Å²) in [5, 5.41) is 0. The third kappa shape index (κ3) is 1.31. The van der Waals surface area contributed by atoms with Gasteiger partial charge in [0.05, 0.1) is 0 Å². The van der Waals surface area contributed by atoms with Crippen molar-refractivity contribution in [2.24, 2.45) is 0 Å². The summed E-state index contributed by atoms with van der Waals surface area (Å²) in [5.74, 6) is 0.144. The van der Waals surface area contributed by atoms with E-state index in [9.17, 15) is 4.79 Å². The molecule has 1 atom stereocenters. The molecule has 0 aromatic rings. The minimum atomic E-state index is 0.144. The van der Waals surface area contributed by atoms with Crippen LogP contribution in [-0.2, 0) is 4.79 Å². The van der Waals surface area contributed by atoms with Gasteiger partial charge in [-0.15, -0.1) is 0 Å². The molecule has 1 saturated heterocycles. The molecule has 2 heteroatoms. The van der Waals surface area contributed by atoms with Crippen molar-refractivity contribution in [1.29, 1.82) is 0 Å². The van der Waals surface area contributed by atoms with E-state index in [4.69, 9.17) is 0 Å². The van der Waals surface area contributed by atoms with E-state index in [0.29, 0.717) is 6.04 Å². The van der Waals surface area contributed by atoms with Gasteiger partial charge in [-0.3, -0.25) is 4.79 Å². The summed E-state index contributed by atoms with van der Waals surface area (Å²) in [7, 11) is 0. The van der Waals surface area contributed by atoms with Gasteiger partial charge in [-0.2, -0.15) is 0 Å². The minimum absolute atomic E-state index is 0.144. The van der Waals surface area contributed by atoms with E-state index >= 15 is 0 Å². The Morgan fingerprint density at radius 1 is 1.78 bits per heavy atom. The van der Waals surface area contributed by atoms with Gasteiger partial charge in [-0.05, 0) is 19.9 Å². The zero-order valence-electron chi connectivity index (χ0n) is 5.79. The number of hydrogen-bond acceptors (Lipinski definition) is 1. The Bertz CT molecular complexity index is 151. The van der Waals surface area contributed by atoms with Crippen LogP contribution in [0.4, 0.5) is 0 Å². The molecular formula is C7H11NO. The Morgan fingerprint density at radius 2 is 2.33 bits per heavy atom. The fraction of sp³-hybridized carbons (Fsp3) is 0.571. The van der Waals surface area contributed by atoms with E-state index < -0.39 is 0 Å². The van der Waals surface area contributed by atoms with E-state index in [2.05, 4.69) is 0 Å². The molecule has 1 rings (SSSR count). The lowest BCUT2D eigenvalue weighted by Crippen LogP contribution is -2.07. The highest BCUT2D eigenvalue weighted by Crippen LogP contribution is 2.15.